The van der Waals surface area contributed by atoms with Crippen LogP contribution in [0.4, 0.5) is 17.1 Å². The summed E-state index contributed by atoms with van der Waals surface area (Å²) < 4.78 is 0. The van der Waals surface area contributed by atoms with Crippen molar-refractivity contribution in [2.24, 2.45) is 5.92 Å². The monoisotopic (exact) mass is 695 g/mol. The second kappa shape index (κ2) is 13.3. The van der Waals surface area contributed by atoms with Gasteiger partial charge in [0.05, 0.1) is 0 Å². The predicted molar refractivity (Wildman–Crippen MR) is 224 cm³/mol. The highest BCUT2D eigenvalue weighted by Gasteiger charge is 2.45. The van der Waals surface area contributed by atoms with Crippen LogP contribution in [0.15, 0.2) is 109 Å². The summed E-state index contributed by atoms with van der Waals surface area (Å²) in [6.45, 7) is 4.87. The number of fused-ring (bicyclic) bond motifs is 5. The molecule has 270 valence electrons. The van der Waals surface area contributed by atoms with E-state index in [1.165, 1.54) is 158 Å². The lowest BCUT2D eigenvalue weighted by Crippen LogP contribution is -2.20. The van der Waals surface area contributed by atoms with E-state index < -0.39 is 0 Å². The smallest absolute Gasteiger partial charge is 0.0465 e. The molecule has 5 aromatic rings. The first-order valence-electron chi connectivity index (χ1n) is 21.4. The molecule has 0 atom stereocenters. The molecule has 1 nitrogen and oxygen atoms in total. The molecule has 5 aliphatic carbocycles. The Labute approximate surface area is 318 Å². The zero-order chi connectivity index (χ0) is 35.6. The molecule has 0 N–H and O–H groups in total. The number of hydrogen-bond acceptors (Lipinski definition) is 1. The van der Waals surface area contributed by atoms with Gasteiger partial charge in [-0.3, -0.25) is 0 Å². The maximum atomic E-state index is 2.53. The number of rotatable bonds is 7. The van der Waals surface area contributed by atoms with Gasteiger partial charge in [0.15, 0.2) is 0 Å². The molecular formula is C52H57N. The maximum absolute atomic E-state index is 2.53. The fourth-order valence-electron chi connectivity index (χ4n) is 11.9. The highest BCUT2D eigenvalue weighted by molar-refractivity contribution is 5.94. The van der Waals surface area contributed by atoms with Crippen LogP contribution in [0, 0.1) is 5.92 Å². The molecule has 5 aliphatic rings. The molecular weight excluding hydrogens is 639 g/mol. The zero-order valence-corrected chi connectivity index (χ0v) is 32.2. The Morgan fingerprint density at radius 1 is 0.509 bits per heavy atom. The van der Waals surface area contributed by atoms with Crippen molar-refractivity contribution in [1.29, 1.82) is 0 Å². The van der Waals surface area contributed by atoms with Gasteiger partial charge >= 0.3 is 0 Å². The molecule has 0 amide bonds. The van der Waals surface area contributed by atoms with E-state index in [4.69, 9.17) is 0 Å². The fourth-order valence-corrected chi connectivity index (χ4v) is 11.9. The molecule has 0 spiro atoms. The van der Waals surface area contributed by atoms with Crippen molar-refractivity contribution in [2.75, 3.05) is 4.90 Å². The molecule has 4 saturated carbocycles. The third-order valence-corrected chi connectivity index (χ3v) is 14.9. The van der Waals surface area contributed by atoms with Gasteiger partial charge in [0.2, 0.25) is 0 Å². The van der Waals surface area contributed by atoms with Crippen molar-refractivity contribution in [3.8, 4) is 22.3 Å². The number of anilines is 3. The van der Waals surface area contributed by atoms with Crippen LogP contribution in [0.2, 0.25) is 0 Å². The van der Waals surface area contributed by atoms with Crippen molar-refractivity contribution in [2.45, 2.75) is 133 Å². The standard InChI is InChI=1S/C52H57N/c1-51(2)48-15-9-14-46(41-18-16-39(17-19-41)37-10-5-3-6-11-37)50(48)47-29-28-45(34-49(47)51)53(43-24-20-40(21-25-43)38-12-7-4-8-13-38)44-26-22-42(23-27-44)52-32-30-36(35-52)31-33-52/h9,14-29,34,36-38H,3-8,10-13,30-33,35H2,1-2H3. The molecule has 0 aromatic heterocycles. The van der Waals surface area contributed by atoms with Crippen molar-refractivity contribution in [3.63, 3.8) is 0 Å². The molecule has 0 aliphatic heterocycles. The molecule has 0 unspecified atom stereocenters. The van der Waals surface area contributed by atoms with Gasteiger partial charge in [-0.2, -0.15) is 0 Å². The van der Waals surface area contributed by atoms with Crippen LogP contribution < -0.4 is 4.90 Å². The van der Waals surface area contributed by atoms with Crippen molar-refractivity contribution < 1.29 is 0 Å². The average molecular weight is 696 g/mol. The first kappa shape index (κ1) is 33.5. The van der Waals surface area contributed by atoms with Gasteiger partial charge in [0.1, 0.15) is 0 Å². The Morgan fingerprint density at radius 3 is 1.66 bits per heavy atom. The highest BCUT2D eigenvalue weighted by Crippen LogP contribution is 2.56. The van der Waals surface area contributed by atoms with E-state index in [2.05, 4.69) is 128 Å². The lowest BCUT2D eigenvalue weighted by molar-refractivity contribution is 0.419. The summed E-state index contributed by atoms with van der Waals surface area (Å²) in [5, 5.41) is 0. The second-order valence-electron chi connectivity index (χ2n) is 18.3. The Bertz CT molecular complexity index is 2080. The molecule has 0 heterocycles. The predicted octanol–water partition coefficient (Wildman–Crippen LogP) is 15.1. The van der Waals surface area contributed by atoms with Crippen molar-refractivity contribution >= 4 is 17.1 Å². The van der Waals surface area contributed by atoms with Gasteiger partial charge in [-0.1, -0.05) is 125 Å². The number of benzene rings is 5. The molecule has 10 rings (SSSR count). The van der Waals surface area contributed by atoms with E-state index in [1.807, 2.05) is 0 Å². The van der Waals surface area contributed by atoms with E-state index in [1.54, 1.807) is 5.56 Å². The quantitative estimate of drug-likeness (QED) is 0.164. The van der Waals surface area contributed by atoms with Crippen molar-refractivity contribution in [3.05, 3.63) is 137 Å². The Kier molecular flexibility index (Phi) is 8.42. The molecule has 1 heteroatoms. The molecule has 2 bridgehead atoms. The van der Waals surface area contributed by atoms with Crippen LogP contribution in [0.5, 0.6) is 0 Å². The van der Waals surface area contributed by atoms with Crippen LogP contribution in [0.25, 0.3) is 22.3 Å². The van der Waals surface area contributed by atoms with Crippen LogP contribution in [-0.2, 0) is 10.8 Å². The minimum Gasteiger partial charge on any atom is -0.310 e. The van der Waals surface area contributed by atoms with Gasteiger partial charge in [-0.15, -0.1) is 0 Å². The highest BCUT2D eigenvalue weighted by atomic mass is 15.1. The third-order valence-electron chi connectivity index (χ3n) is 14.9. The largest absolute Gasteiger partial charge is 0.310 e. The summed E-state index contributed by atoms with van der Waals surface area (Å²) in [6, 6.07) is 43.5. The van der Waals surface area contributed by atoms with Crippen LogP contribution in [-0.4, -0.2) is 0 Å². The number of nitrogens with zero attached hydrogens (tertiary/aromatic N) is 1. The summed E-state index contributed by atoms with van der Waals surface area (Å²) in [5.41, 5.74) is 17.1. The minimum atomic E-state index is -0.0975. The van der Waals surface area contributed by atoms with Gasteiger partial charge < -0.3 is 4.90 Å². The molecule has 0 saturated heterocycles. The summed E-state index contributed by atoms with van der Waals surface area (Å²) >= 11 is 0. The lowest BCUT2D eigenvalue weighted by atomic mass is 9.78. The van der Waals surface area contributed by atoms with E-state index in [0.29, 0.717) is 11.3 Å². The van der Waals surface area contributed by atoms with Crippen molar-refractivity contribution in [1.82, 2.24) is 0 Å². The first-order chi connectivity index (χ1) is 26.0. The van der Waals surface area contributed by atoms with Gasteiger partial charge in [0.25, 0.3) is 0 Å². The van der Waals surface area contributed by atoms with Crippen LogP contribution in [0.1, 0.15) is 150 Å². The Hall–Kier alpha value is -4.10. The van der Waals surface area contributed by atoms with Gasteiger partial charge in [0, 0.05) is 22.5 Å². The number of hydrogen-bond donors (Lipinski definition) is 0. The summed E-state index contributed by atoms with van der Waals surface area (Å²) in [4.78, 5) is 2.53. The third kappa shape index (κ3) is 5.80. The fraction of sp³-hybridized carbons (Fsp3) is 0.423. The second-order valence-corrected chi connectivity index (χ2v) is 18.3. The molecule has 4 fully saturated rings. The lowest BCUT2D eigenvalue weighted by Gasteiger charge is -2.30. The Balaban J connectivity index is 1.03. The molecule has 0 radical (unpaired) electrons. The average Bonchev–Trinajstić information content (AvgIpc) is 3.91. The SMILES string of the molecule is CC1(C)c2cc(N(c3ccc(C4CCCCC4)cc3)c3ccc(C45CCC(CC4)C5)cc3)ccc2-c2c(-c3ccc(C4CCCCC4)cc3)cccc21. The topological polar surface area (TPSA) is 3.24 Å². The van der Waals surface area contributed by atoms with Gasteiger partial charge in [-0.25, -0.2) is 0 Å². The van der Waals surface area contributed by atoms with E-state index in [9.17, 15) is 0 Å². The van der Waals surface area contributed by atoms with Gasteiger partial charge in [-0.05, 0) is 167 Å². The molecule has 5 aromatic carbocycles. The minimum absolute atomic E-state index is 0.0975. The van der Waals surface area contributed by atoms with E-state index >= 15 is 0 Å². The van der Waals surface area contributed by atoms with E-state index in [-0.39, 0.29) is 5.41 Å². The molecule has 53 heavy (non-hydrogen) atoms. The van der Waals surface area contributed by atoms with Crippen LogP contribution in [0.3, 0.4) is 0 Å². The Morgan fingerprint density at radius 2 is 1.08 bits per heavy atom. The maximum Gasteiger partial charge on any atom is 0.0465 e. The summed E-state index contributed by atoms with van der Waals surface area (Å²) in [5.74, 6) is 2.40. The zero-order valence-electron chi connectivity index (χ0n) is 32.2. The summed E-state index contributed by atoms with van der Waals surface area (Å²) in [6.07, 6.45) is 20.6. The first-order valence-corrected chi connectivity index (χ1v) is 21.4. The van der Waals surface area contributed by atoms with E-state index in [0.717, 1.165) is 11.8 Å². The van der Waals surface area contributed by atoms with Crippen LogP contribution >= 0.6 is 0 Å². The normalized spacial score (nSPS) is 23.5. The summed E-state index contributed by atoms with van der Waals surface area (Å²) in [7, 11) is 0.